The molecule has 1 heterocycles. The zero-order valence-electron chi connectivity index (χ0n) is 9.83. The topological polar surface area (TPSA) is 26.3 Å². The summed E-state index contributed by atoms with van der Waals surface area (Å²) in [6.45, 7) is 6.42. The molecule has 1 aromatic rings. The standard InChI is InChI=1S/C12H17ClO2S/c1-8(2)6-9(3)15-7-10(14)11-4-5-12(13)16-11/h4-5,8-9H,6-7H2,1-3H3. The summed E-state index contributed by atoms with van der Waals surface area (Å²) in [5.41, 5.74) is 0. The van der Waals surface area contributed by atoms with Gasteiger partial charge in [-0.1, -0.05) is 25.4 Å². The van der Waals surface area contributed by atoms with Gasteiger partial charge in [-0.05, 0) is 31.4 Å². The molecule has 1 unspecified atom stereocenters. The first kappa shape index (κ1) is 13.7. The highest BCUT2D eigenvalue weighted by molar-refractivity contribution is 7.18. The van der Waals surface area contributed by atoms with Crippen LogP contribution in [0.2, 0.25) is 4.34 Å². The number of ketones is 1. The Morgan fingerprint density at radius 1 is 1.44 bits per heavy atom. The van der Waals surface area contributed by atoms with Crippen molar-refractivity contribution in [2.24, 2.45) is 5.92 Å². The molecule has 0 radical (unpaired) electrons. The Morgan fingerprint density at radius 3 is 2.62 bits per heavy atom. The van der Waals surface area contributed by atoms with E-state index < -0.39 is 0 Å². The van der Waals surface area contributed by atoms with Crippen LogP contribution in [0.1, 0.15) is 36.9 Å². The first-order valence-corrected chi connectivity index (χ1v) is 6.58. The SMILES string of the molecule is CC(C)CC(C)OCC(=O)c1ccc(Cl)s1. The van der Waals surface area contributed by atoms with Crippen LogP contribution in [0.25, 0.3) is 0 Å². The molecule has 0 aromatic carbocycles. The largest absolute Gasteiger partial charge is 0.370 e. The molecule has 0 aliphatic rings. The second kappa shape index (κ2) is 6.38. The van der Waals surface area contributed by atoms with Crippen molar-refractivity contribution in [3.63, 3.8) is 0 Å². The van der Waals surface area contributed by atoms with Crippen molar-refractivity contribution < 1.29 is 9.53 Å². The van der Waals surface area contributed by atoms with Crippen LogP contribution in [0.3, 0.4) is 0 Å². The Bertz CT molecular complexity index is 347. The number of ether oxygens (including phenoxy) is 1. The summed E-state index contributed by atoms with van der Waals surface area (Å²) in [6, 6.07) is 3.48. The molecule has 0 fully saturated rings. The van der Waals surface area contributed by atoms with Gasteiger partial charge in [0.25, 0.3) is 0 Å². The fourth-order valence-corrected chi connectivity index (χ4v) is 2.45. The molecule has 4 heteroatoms. The van der Waals surface area contributed by atoms with Crippen LogP contribution in [-0.2, 0) is 4.74 Å². The molecule has 90 valence electrons. The maximum Gasteiger partial charge on any atom is 0.198 e. The van der Waals surface area contributed by atoms with E-state index in [1.165, 1.54) is 11.3 Å². The van der Waals surface area contributed by atoms with Crippen molar-refractivity contribution in [1.82, 2.24) is 0 Å². The highest BCUT2D eigenvalue weighted by atomic mass is 35.5. The number of halogens is 1. The molecular weight excluding hydrogens is 244 g/mol. The Balaban J connectivity index is 2.35. The van der Waals surface area contributed by atoms with Crippen molar-refractivity contribution in [3.8, 4) is 0 Å². The van der Waals surface area contributed by atoms with Crippen molar-refractivity contribution in [2.45, 2.75) is 33.3 Å². The highest BCUT2D eigenvalue weighted by Crippen LogP contribution is 2.22. The first-order chi connectivity index (χ1) is 7.49. The highest BCUT2D eigenvalue weighted by Gasteiger charge is 2.12. The summed E-state index contributed by atoms with van der Waals surface area (Å²) < 4.78 is 6.13. The number of Topliss-reactive ketones (excluding diaryl/α,β-unsaturated/α-hetero) is 1. The lowest BCUT2D eigenvalue weighted by atomic mass is 10.1. The zero-order valence-corrected chi connectivity index (χ0v) is 11.4. The molecule has 0 N–H and O–H groups in total. The van der Waals surface area contributed by atoms with Gasteiger partial charge in [-0.2, -0.15) is 0 Å². The van der Waals surface area contributed by atoms with Gasteiger partial charge in [-0.3, -0.25) is 4.79 Å². The van der Waals surface area contributed by atoms with E-state index in [-0.39, 0.29) is 18.5 Å². The number of rotatable bonds is 6. The number of carbonyl (C=O) groups is 1. The third-order valence-electron chi connectivity index (χ3n) is 2.15. The normalized spacial score (nSPS) is 13.1. The van der Waals surface area contributed by atoms with Gasteiger partial charge in [0.1, 0.15) is 6.61 Å². The minimum Gasteiger partial charge on any atom is -0.370 e. The molecule has 0 amide bonds. The van der Waals surface area contributed by atoms with Crippen LogP contribution in [0.15, 0.2) is 12.1 Å². The number of hydrogen-bond acceptors (Lipinski definition) is 3. The van der Waals surface area contributed by atoms with E-state index in [2.05, 4.69) is 13.8 Å². The lowest BCUT2D eigenvalue weighted by Crippen LogP contribution is -2.16. The van der Waals surface area contributed by atoms with Gasteiger partial charge in [0.15, 0.2) is 5.78 Å². The van der Waals surface area contributed by atoms with Crippen LogP contribution < -0.4 is 0 Å². The van der Waals surface area contributed by atoms with Gasteiger partial charge in [-0.25, -0.2) is 0 Å². The average molecular weight is 261 g/mol. The van der Waals surface area contributed by atoms with Crippen LogP contribution in [0.5, 0.6) is 0 Å². The molecule has 0 saturated heterocycles. The van der Waals surface area contributed by atoms with E-state index >= 15 is 0 Å². The molecule has 0 aliphatic heterocycles. The predicted octanol–water partition coefficient (Wildman–Crippen LogP) is 4.04. The third-order valence-corrected chi connectivity index (χ3v) is 3.42. The van der Waals surface area contributed by atoms with Gasteiger partial charge in [0, 0.05) is 0 Å². The Hall–Kier alpha value is -0.380. The average Bonchev–Trinajstić information content (AvgIpc) is 2.60. The predicted molar refractivity (Wildman–Crippen MR) is 68.5 cm³/mol. The molecule has 1 atom stereocenters. The maximum absolute atomic E-state index is 11.7. The second-order valence-electron chi connectivity index (χ2n) is 4.28. The van der Waals surface area contributed by atoms with Crippen molar-refractivity contribution in [2.75, 3.05) is 6.61 Å². The maximum atomic E-state index is 11.7. The number of thiophene rings is 1. The van der Waals surface area contributed by atoms with Crippen LogP contribution >= 0.6 is 22.9 Å². The van der Waals surface area contributed by atoms with E-state index in [4.69, 9.17) is 16.3 Å². The molecule has 1 aromatic heterocycles. The quantitative estimate of drug-likeness (QED) is 0.722. The first-order valence-electron chi connectivity index (χ1n) is 5.39. The minimum atomic E-state index is 0.00695. The molecule has 1 rings (SSSR count). The van der Waals surface area contributed by atoms with E-state index in [0.717, 1.165) is 6.42 Å². The van der Waals surface area contributed by atoms with Crippen LogP contribution in [-0.4, -0.2) is 18.5 Å². The Kier molecular flexibility index (Phi) is 5.46. The van der Waals surface area contributed by atoms with Crippen molar-refractivity contribution in [1.29, 1.82) is 0 Å². The van der Waals surface area contributed by atoms with Crippen molar-refractivity contribution >= 4 is 28.7 Å². The van der Waals surface area contributed by atoms with Gasteiger partial charge in [0.2, 0.25) is 0 Å². The summed E-state index contributed by atoms with van der Waals surface area (Å²) in [5.74, 6) is 0.591. The summed E-state index contributed by atoms with van der Waals surface area (Å²) in [5, 5.41) is 0. The van der Waals surface area contributed by atoms with E-state index in [0.29, 0.717) is 15.1 Å². The number of hydrogen-bond donors (Lipinski definition) is 0. The zero-order chi connectivity index (χ0) is 12.1. The molecule has 0 bridgehead atoms. The second-order valence-corrected chi connectivity index (χ2v) is 5.99. The van der Waals surface area contributed by atoms with E-state index in [1.54, 1.807) is 12.1 Å². The minimum absolute atomic E-state index is 0.00695. The summed E-state index contributed by atoms with van der Waals surface area (Å²) in [7, 11) is 0. The van der Waals surface area contributed by atoms with Gasteiger partial charge in [-0.15, -0.1) is 11.3 Å². The summed E-state index contributed by atoms with van der Waals surface area (Å²) >= 11 is 7.06. The molecule has 0 spiro atoms. The fourth-order valence-electron chi connectivity index (χ4n) is 1.49. The van der Waals surface area contributed by atoms with E-state index in [9.17, 15) is 4.79 Å². The van der Waals surface area contributed by atoms with Crippen molar-refractivity contribution in [3.05, 3.63) is 21.3 Å². The summed E-state index contributed by atoms with van der Waals surface area (Å²) in [4.78, 5) is 12.3. The van der Waals surface area contributed by atoms with Gasteiger partial charge >= 0.3 is 0 Å². The Morgan fingerprint density at radius 2 is 2.12 bits per heavy atom. The lowest BCUT2D eigenvalue weighted by Gasteiger charge is -2.14. The summed E-state index contributed by atoms with van der Waals surface area (Å²) in [6.07, 6.45) is 1.10. The Labute approximate surface area is 106 Å². The van der Waals surface area contributed by atoms with Crippen LogP contribution in [0, 0.1) is 5.92 Å². The monoisotopic (exact) mass is 260 g/mol. The molecule has 0 saturated carbocycles. The van der Waals surface area contributed by atoms with E-state index in [1.807, 2.05) is 6.92 Å². The van der Waals surface area contributed by atoms with Gasteiger partial charge in [0.05, 0.1) is 15.3 Å². The van der Waals surface area contributed by atoms with Crippen LogP contribution in [0.4, 0.5) is 0 Å². The number of carbonyl (C=O) groups excluding carboxylic acids is 1. The third kappa shape index (κ3) is 4.64. The molecule has 16 heavy (non-hydrogen) atoms. The smallest absolute Gasteiger partial charge is 0.198 e. The molecule has 0 aliphatic carbocycles. The lowest BCUT2D eigenvalue weighted by molar-refractivity contribution is 0.0448. The van der Waals surface area contributed by atoms with Gasteiger partial charge < -0.3 is 4.74 Å². The fraction of sp³-hybridized carbons (Fsp3) is 0.583. The molecule has 2 nitrogen and oxygen atoms in total. The molecular formula is C12H17ClO2S.